The van der Waals surface area contributed by atoms with Crippen LogP contribution in [0.25, 0.3) is 0 Å². The van der Waals surface area contributed by atoms with Crippen molar-refractivity contribution in [2.24, 2.45) is 5.10 Å². The number of carbonyl (C=O) groups is 1. The number of hydrazone groups is 1. The van der Waals surface area contributed by atoms with Gasteiger partial charge >= 0.3 is 0 Å². The minimum Gasteiger partial charge on any atom is -0.507 e. The summed E-state index contributed by atoms with van der Waals surface area (Å²) in [5, 5.41) is 13.5. The van der Waals surface area contributed by atoms with E-state index >= 15 is 0 Å². The molecule has 2 N–H and O–H groups in total. The van der Waals surface area contributed by atoms with Gasteiger partial charge in [-0.1, -0.05) is 29.8 Å². The van der Waals surface area contributed by atoms with E-state index in [-0.39, 0.29) is 11.7 Å². The third-order valence-electron chi connectivity index (χ3n) is 3.65. The predicted octanol–water partition coefficient (Wildman–Crippen LogP) is 3.70. The molecule has 0 spiro atoms. The minimum absolute atomic E-state index is 0.134. The standard InChI is InChI=1S/C19H22N2O2S/c1-13-8-14(2)17(15(3)9-13)11-24-12-19(23)21-20-10-16-6-4-5-7-18(16)22/h4-10,22H,11-12H2,1-3H3,(H,21,23). The summed E-state index contributed by atoms with van der Waals surface area (Å²) in [7, 11) is 0. The van der Waals surface area contributed by atoms with Crippen LogP contribution in [-0.2, 0) is 10.5 Å². The molecule has 5 heteroatoms. The number of para-hydroxylation sites is 1. The van der Waals surface area contributed by atoms with Crippen LogP contribution in [0.5, 0.6) is 5.75 Å². The molecule has 24 heavy (non-hydrogen) atoms. The van der Waals surface area contributed by atoms with Crippen molar-refractivity contribution in [3.05, 3.63) is 64.2 Å². The lowest BCUT2D eigenvalue weighted by molar-refractivity contribution is -0.118. The molecule has 2 rings (SSSR count). The number of phenols is 1. The number of carbonyl (C=O) groups excluding carboxylic acids is 1. The molecule has 0 saturated heterocycles. The normalized spacial score (nSPS) is 11.0. The van der Waals surface area contributed by atoms with Crippen molar-refractivity contribution in [2.45, 2.75) is 26.5 Å². The van der Waals surface area contributed by atoms with E-state index in [1.807, 2.05) is 0 Å². The zero-order chi connectivity index (χ0) is 17.5. The number of phenolic OH excluding ortho intramolecular Hbond substituents is 1. The lowest BCUT2D eigenvalue weighted by Gasteiger charge is -2.10. The molecule has 0 aliphatic heterocycles. The maximum Gasteiger partial charge on any atom is 0.250 e. The smallest absolute Gasteiger partial charge is 0.250 e. The molecule has 126 valence electrons. The average molecular weight is 342 g/mol. The van der Waals surface area contributed by atoms with E-state index in [0.29, 0.717) is 11.3 Å². The molecule has 1 amide bonds. The molecule has 0 atom stereocenters. The van der Waals surface area contributed by atoms with Crippen LogP contribution in [0.15, 0.2) is 41.5 Å². The maximum absolute atomic E-state index is 11.8. The van der Waals surface area contributed by atoms with E-state index < -0.39 is 0 Å². The molecule has 2 aromatic rings. The fourth-order valence-electron chi connectivity index (χ4n) is 2.49. The van der Waals surface area contributed by atoms with E-state index in [9.17, 15) is 9.90 Å². The van der Waals surface area contributed by atoms with Gasteiger partial charge in [-0.3, -0.25) is 4.79 Å². The Morgan fingerprint density at radius 3 is 2.54 bits per heavy atom. The summed E-state index contributed by atoms with van der Waals surface area (Å²) in [6.07, 6.45) is 1.44. The highest BCUT2D eigenvalue weighted by Gasteiger charge is 2.06. The van der Waals surface area contributed by atoms with Gasteiger partial charge in [0, 0.05) is 11.3 Å². The van der Waals surface area contributed by atoms with Crippen LogP contribution in [0, 0.1) is 20.8 Å². The van der Waals surface area contributed by atoms with Crippen LogP contribution in [0.2, 0.25) is 0 Å². The first-order chi connectivity index (χ1) is 11.5. The van der Waals surface area contributed by atoms with Gasteiger partial charge in [0.25, 0.3) is 0 Å². The predicted molar refractivity (Wildman–Crippen MR) is 101 cm³/mol. The van der Waals surface area contributed by atoms with E-state index in [1.165, 1.54) is 28.5 Å². The minimum atomic E-state index is -0.158. The molecule has 0 aliphatic carbocycles. The van der Waals surface area contributed by atoms with E-state index in [1.54, 1.807) is 36.0 Å². The molecule has 0 aliphatic rings. The van der Waals surface area contributed by atoms with Crippen molar-refractivity contribution < 1.29 is 9.90 Å². The van der Waals surface area contributed by atoms with Crippen LogP contribution in [-0.4, -0.2) is 23.0 Å². The zero-order valence-electron chi connectivity index (χ0n) is 14.2. The Morgan fingerprint density at radius 1 is 1.21 bits per heavy atom. The number of rotatable bonds is 6. The number of thioether (sulfide) groups is 1. The molecule has 0 radical (unpaired) electrons. The Bertz CT molecular complexity index is 734. The quantitative estimate of drug-likeness (QED) is 0.621. The van der Waals surface area contributed by atoms with Crippen LogP contribution >= 0.6 is 11.8 Å². The molecule has 0 bridgehead atoms. The van der Waals surface area contributed by atoms with Crippen molar-refractivity contribution in [1.82, 2.24) is 5.43 Å². The Hall–Kier alpha value is -2.27. The van der Waals surface area contributed by atoms with Gasteiger partial charge in [0.1, 0.15) is 5.75 Å². The number of amides is 1. The summed E-state index contributed by atoms with van der Waals surface area (Å²) in [6, 6.07) is 11.2. The monoisotopic (exact) mass is 342 g/mol. The van der Waals surface area contributed by atoms with Gasteiger partial charge in [0.15, 0.2) is 0 Å². The number of benzene rings is 2. The third-order valence-corrected chi connectivity index (χ3v) is 4.61. The first-order valence-corrected chi connectivity index (χ1v) is 8.87. The van der Waals surface area contributed by atoms with Crippen molar-refractivity contribution in [1.29, 1.82) is 0 Å². The van der Waals surface area contributed by atoms with Gasteiger partial charge in [-0.15, -0.1) is 11.8 Å². The van der Waals surface area contributed by atoms with Gasteiger partial charge < -0.3 is 5.11 Å². The molecular formula is C19H22N2O2S. The molecule has 0 saturated carbocycles. The maximum atomic E-state index is 11.8. The Labute approximate surface area is 147 Å². The summed E-state index contributed by atoms with van der Waals surface area (Å²) in [5.41, 5.74) is 8.12. The largest absolute Gasteiger partial charge is 0.507 e. The van der Waals surface area contributed by atoms with Crippen molar-refractivity contribution in [2.75, 3.05) is 5.75 Å². The van der Waals surface area contributed by atoms with Crippen molar-refractivity contribution in [3.8, 4) is 5.75 Å². The van der Waals surface area contributed by atoms with E-state index in [0.717, 1.165) is 5.75 Å². The Kier molecular flexibility index (Phi) is 6.44. The Morgan fingerprint density at radius 2 is 1.88 bits per heavy atom. The summed E-state index contributed by atoms with van der Waals surface area (Å²) < 4.78 is 0. The van der Waals surface area contributed by atoms with Crippen LogP contribution in [0.3, 0.4) is 0 Å². The number of nitrogens with zero attached hydrogens (tertiary/aromatic N) is 1. The van der Waals surface area contributed by atoms with Gasteiger partial charge in [-0.25, -0.2) is 5.43 Å². The summed E-state index contributed by atoms with van der Waals surface area (Å²) >= 11 is 1.56. The summed E-state index contributed by atoms with van der Waals surface area (Å²) in [5.74, 6) is 1.11. The molecule has 0 heterocycles. The molecule has 2 aromatic carbocycles. The number of aromatic hydroxyl groups is 1. The van der Waals surface area contributed by atoms with Crippen LogP contribution in [0.1, 0.15) is 27.8 Å². The summed E-state index contributed by atoms with van der Waals surface area (Å²) in [6.45, 7) is 6.30. The van der Waals surface area contributed by atoms with Crippen molar-refractivity contribution in [3.63, 3.8) is 0 Å². The van der Waals surface area contributed by atoms with Gasteiger partial charge in [0.05, 0.1) is 12.0 Å². The average Bonchev–Trinajstić information content (AvgIpc) is 2.51. The lowest BCUT2D eigenvalue weighted by Crippen LogP contribution is -2.19. The highest BCUT2D eigenvalue weighted by molar-refractivity contribution is 7.99. The zero-order valence-corrected chi connectivity index (χ0v) is 15.0. The second-order valence-corrected chi connectivity index (χ2v) is 6.71. The Balaban J connectivity index is 1.81. The molecule has 0 fully saturated rings. The van der Waals surface area contributed by atoms with Crippen LogP contribution in [0.4, 0.5) is 0 Å². The number of hydrogen-bond acceptors (Lipinski definition) is 4. The van der Waals surface area contributed by atoms with Gasteiger partial charge in [-0.2, -0.15) is 5.10 Å². The van der Waals surface area contributed by atoms with Crippen LogP contribution < -0.4 is 5.43 Å². The highest BCUT2D eigenvalue weighted by Crippen LogP contribution is 2.21. The first kappa shape index (κ1) is 18.1. The SMILES string of the molecule is Cc1cc(C)c(CSCC(=O)NN=Cc2ccccc2O)c(C)c1. The number of hydrogen-bond donors (Lipinski definition) is 2. The molecular weight excluding hydrogens is 320 g/mol. The highest BCUT2D eigenvalue weighted by atomic mass is 32.2. The van der Waals surface area contributed by atoms with E-state index in [4.69, 9.17) is 0 Å². The van der Waals surface area contributed by atoms with Crippen molar-refractivity contribution >= 4 is 23.9 Å². The second kappa shape index (κ2) is 8.55. The number of nitrogens with one attached hydrogen (secondary N) is 1. The molecule has 0 unspecified atom stereocenters. The fraction of sp³-hybridized carbons (Fsp3) is 0.263. The van der Waals surface area contributed by atoms with E-state index in [2.05, 4.69) is 43.4 Å². The third kappa shape index (κ3) is 5.13. The second-order valence-electron chi connectivity index (χ2n) is 5.72. The van der Waals surface area contributed by atoms with Gasteiger partial charge in [-0.05, 0) is 49.6 Å². The molecule has 4 nitrogen and oxygen atoms in total. The van der Waals surface area contributed by atoms with Gasteiger partial charge in [0.2, 0.25) is 5.91 Å². The topological polar surface area (TPSA) is 61.7 Å². The fourth-order valence-corrected chi connectivity index (χ4v) is 3.50. The molecule has 0 aromatic heterocycles. The summed E-state index contributed by atoms with van der Waals surface area (Å²) in [4.78, 5) is 11.8. The lowest BCUT2D eigenvalue weighted by atomic mass is 10.0. The first-order valence-electron chi connectivity index (χ1n) is 7.71. The number of aryl methyl sites for hydroxylation is 3.